The molecule has 1 saturated heterocycles. The number of carbonyl (C=O) groups excluding carboxylic acids is 3. The number of aromatic nitrogens is 4. The van der Waals surface area contributed by atoms with Crippen molar-refractivity contribution in [3.63, 3.8) is 0 Å². The van der Waals surface area contributed by atoms with E-state index in [4.69, 9.17) is 39.2 Å². The van der Waals surface area contributed by atoms with Gasteiger partial charge in [-0.2, -0.15) is 4.31 Å². The molecule has 430 valence electrons. The van der Waals surface area contributed by atoms with Crippen molar-refractivity contribution in [3.8, 4) is 11.5 Å². The van der Waals surface area contributed by atoms with E-state index in [2.05, 4.69) is 95.0 Å². The number of nitrogen functional groups attached to an aromatic ring is 1. The second-order valence-corrected chi connectivity index (χ2v) is 26.4. The Morgan fingerprint density at radius 2 is 1.65 bits per heavy atom. The number of carbonyl (C=O) groups is 3. The third-order valence-electron chi connectivity index (χ3n) is 14.1. The molecular formula is C50H64N11O16P3. The maximum Gasteiger partial charge on any atom is 0.480 e. The van der Waals surface area contributed by atoms with E-state index in [0.717, 1.165) is 62.6 Å². The summed E-state index contributed by atoms with van der Waals surface area (Å²) in [4.78, 5) is 98.1. The van der Waals surface area contributed by atoms with Crippen LogP contribution in [0.2, 0.25) is 0 Å². The maximum atomic E-state index is 14.6. The van der Waals surface area contributed by atoms with Crippen molar-refractivity contribution in [2.75, 3.05) is 44.3 Å². The van der Waals surface area contributed by atoms with Gasteiger partial charge in [0.1, 0.15) is 35.6 Å². The lowest BCUT2D eigenvalue weighted by atomic mass is 9.79. The zero-order chi connectivity index (χ0) is 57.9. The predicted octanol–water partition coefficient (Wildman–Crippen LogP) is 4.30. The van der Waals surface area contributed by atoms with Crippen molar-refractivity contribution < 1.29 is 75.8 Å². The van der Waals surface area contributed by atoms with Crippen molar-refractivity contribution in [2.45, 2.75) is 115 Å². The van der Waals surface area contributed by atoms with Gasteiger partial charge < -0.3 is 65.5 Å². The number of amides is 3. The van der Waals surface area contributed by atoms with E-state index in [1.807, 2.05) is 30.3 Å². The molecule has 27 nitrogen and oxygen atoms in total. The van der Waals surface area contributed by atoms with E-state index in [9.17, 15) is 43.0 Å². The Bertz CT molecular complexity index is 3560. The smallest absolute Gasteiger partial charge is 0.456 e. The Balaban J connectivity index is 0.832. The standard InChI is InChI=1S/C50H64N11O16P3/c1-26-21-49(3,4)57-34-19-36-32(17-30(26)34)40(33-18-31-27(2)22-50(5,6)58-35(31)20-37(33)74-36)28-11-8-9-12-29(28)46(64)60(7)16-10-13-39(62)52-14-15-53-48(65)76-43-42(63)38(23-73-80(71,72)77-79(69,70)59-78(66,67)68)75-47(43)61-25-56-41-44(51)54-24-55-45(41)61/h8-9,11-12,17-20,24-27,38,42-43,47,57,63H,10,13-16,21-23H2,1-7H3,(H,52,62)(H,53,65)(H,71,72)(H2,51,54,55)(H4,59,66,67,68,69,70)/t26?,27?,38-,42-,43-,47-/m1/s1. The highest BCUT2D eigenvalue weighted by Crippen LogP contribution is 2.61. The topological polar surface area (TPSA) is 383 Å². The highest BCUT2D eigenvalue weighted by atomic mass is 31.3. The Labute approximate surface area is 458 Å². The Hall–Kier alpha value is -6.18. The van der Waals surface area contributed by atoms with Crippen molar-refractivity contribution in [3.05, 3.63) is 99.6 Å². The number of anilines is 2. The molecule has 0 saturated carbocycles. The first-order valence-electron chi connectivity index (χ1n) is 25.6. The Morgan fingerprint density at radius 1 is 0.925 bits per heavy atom. The molecule has 0 radical (unpaired) electrons. The summed E-state index contributed by atoms with van der Waals surface area (Å²) >= 11 is 0. The van der Waals surface area contributed by atoms with Crippen LogP contribution in [0, 0.1) is 0 Å². The molecule has 5 aromatic rings. The number of imidazole rings is 1. The van der Waals surface area contributed by atoms with E-state index in [1.54, 1.807) is 11.9 Å². The first-order chi connectivity index (χ1) is 37.5. The summed E-state index contributed by atoms with van der Waals surface area (Å²) in [5.41, 5.74) is 12.0. The Morgan fingerprint density at radius 3 is 2.40 bits per heavy atom. The average molecular weight is 1170 g/mol. The molecule has 80 heavy (non-hydrogen) atoms. The summed E-state index contributed by atoms with van der Waals surface area (Å²) in [7, 11) is -15.0. The molecule has 2 aromatic heterocycles. The van der Waals surface area contributed by atoms with E-state index >= 15 is 0 Å². The number of nitrogens with zero attached hydrogens (tertiary/aromatic N) is 6. The summed E-state index contributed by atoms with van der Waals surface area (Å²) < 4.78 is 63.8. The minimum atomic E-state index is -5.62. The molecule has 1 fully saturated rings. The average Bonchev–Trinajstić information content (AvgIpc) is 4.02. The van der Waals surface area contributed by atoms with Crippen LogP contribution in [0.1, 0.15) is 118 Å². The van der Waals surface area contributed by atoms with Crippen molar-refractivity contribution in [1.29, 1.82) is 0 Å². The van der Waals surface area contributed by atoms with Crippen LogP contribution in [0.5, 0.6) is 11.5 Å². The number of nitrogens with two attached hydrogens (primary N) is 1. The molecule has 4 aliphatic heterocycles. The van der Waals surface area contributed by atoms with Crippen molar-refractivity contribution in [2.24, 2.45) is 4.99 Å². The molecule has 6 heterocycles. The first kappa shape index (κ1) is 58.5. The summed E-state index contributed by atoms with van der Waals surface area (Å²) in [6.45, 7) is 12.0. The van der Waals surface area contributed by atoms with Gasteiger partial charge in [-0.1, -0.05) is 32.0 Å². The number of aliphatic hydroxyl groups is 1. The lowest BCUT2D eigenvalue weighted by Gasteiger charge is -2.38. The second kappa shape index (κ2) is 22.3. The van der Waals surface area contributed by atoms with Crippen LogP contribution in [0.15, 0.2) is 66.2 Å². The predicted molar refractivity (Wildman–Crippen MR) is 289 cm³/mol. The number of aliphatic hydroxyl groups excluding tert-OH is 1. The van der Waals surface area contributed by atoms with Crippen LogP contribution in [-0.4, -0.2) is 130 Å². The van der Waals surface area contributed by atoms with Crippen LogP contribution >= 0.6 is 23.3 Å². The summed E-state index contributed by atoms with van der Waals surface area (Å²) in [6, 6.07) is 16.0. The summed E-state index contributed by atoms with van der Waals surface area (Å²) in [5, 5.41) is 21.9. The first-order valence-corrected chi connectivity index (χ1v) is 30.3. The number of hydrogen-bond donors (Lipinski definition) is 10. The number of ether oxygens (including phenoxy) is 3. The molecule has 4 unspecified atom stereocenters. The van der Waals surface area contributed by atoms with Gasteiger partial charge in [0.2, 0.25) is 5.91 Å². The van der Waals surface area contributed by atoms with Gasteiger partial charge in [0.05, 0.1) is 23.8 Å². The van der Waals surface area contributed by atoms with Gasteiger partial charge in [0, 0.05) is 78.4 Å². The number of fused-ring (bicyclic) bond motifs is 5. The van der Waals surface area contributed by atoms with Crippen LogP contribution in [0.3, 0.4) is 0 Å². The molecule has 11 N–H and O–H groups in total. The molecule has 0 spiro atoms. The molecule has 0 aliphatic carbocycles. The number of hydrogen-bond acceptors (Lipinski definition) is 18. The molecule has 8 atom stereocenters. The largest absolute Gasteiger partial charge is 0.480 e. The van der Waals surface area contributed by atoms with Gasteiger partial charge in [-0.25, -0.2) is 33.4 Å². The zero-order valence-corrected chi connectivity index (χ0v) is 47.4. The lowest BCUT2D eigenvalue weighted by Crippen LogP contribution is -2.41. The molecule has 4 aliphatic rings. The van der Waals surface area contributed by atoms with Gasteiger partial charge in [0.15, 0.2) is 23.8 Å². The molecule has 30 heteroatoms. The SMILES string of the molecule is CC1CC(C)(C)Nc2cc3c(cc21)C(c1ccccc1C(=O)N(C)CCCC(=O)NCCNC(=O)O[C@@H]1[C@H](O)[C@@H](COP(=O)(O)OP(=O)(O)NP(=O)(O)O)O[C@H]1n1cnc2c(N)ncnc21)=c1cc2c(cc1O3)=NC(C)(C)CC2C. The van der Waals surface area contributed by atoms with E-state index in [-0.39, 0.29) is 77.8 Å². The zero-order valence-electron chi connectivity index (χ0n) is 44.7. The lowest BCUT2D eigenvalue weighted by molar-refractivity contribution is -0.121. The second-order valence-electron chi connectivity index (χ2n) is 21.6. The quantitative estimate of drug-likeness (QED) is 0.0423. The number of rotatable bonds is 18. The normalized spacial score (nSPS) is 23.1. The van der Waals surface area contributed by atoms with Gasteiger partial charge in [-0.15, -0.1) is 4.86 Å². The van der Waals surface area contributed by atoms with E-state index < -0.39 is 60.6 Å². The van der Waals surface area contributed by atoms with Crippen molar-refractivity contribution >= 4 is 69.5 Å². The highest BCUT2D eigenvalue weighted by molar-refractivity contribution is 7.70. The third-order valence-corrected chi connectivity index (χ3v) is 18.3. The van der Waals surface area contributed by atoms with Crippen LogP contribution < -0.4 is 41.9 Å². The number of nitrogens with one attached hydrogen (secondary N) is 4. The minimum absolute atomic E-state index is 0.0317. The molecule has 9 rings (SSSR count). The number of alkyl carbamates (subject to hydrolysis) is 1. The maximum absolute atomic E-state index is 14.6. The Kier molecular flexibility index (Phi) is 16.3. The van der Waals surface area contributed by atoms with Gasteiger partial charge in [-0.3, -0.25) is 23.7 Å². The summed E-state index contributed by atoms with van der Waals surface area (Å²) in [5.74, 6) is 1.16. The van der Waals surface area contributed by atoms with Gasteiger partial charge in [-0.05, 0) is 93.7 Å². The van der Waals surface area contributed by atoms with Gasteiger partial charge >= 0.3 is 29.4 Å². The summed E-state index contributed by atoms with van der Waals surface area (Å²) in [6.07, 6.45) is -3.25. The number of phosphoric acid groups is 1. The number of phosphoric ester groups is 1. The molecular weight excluding hydrogens is 1100 g/mol. The van der Waals surface area contributed by atoms with E-state index in [0.29, 0.717) is 23.5 Å². The van der Waals surface area contributed by atoms with Crippen LogP contribution in [0.4, 0.5) is 16.3 Å². The fraction of sp³-hybridized carbons (Fsp3) is 0.460. The van der Waals surface area contributed by atoms with Gasteiger partial charge in [0.25, 0.3) is 5.91 Å². The molecule has 3 aromatic carbocycles. The molecule has 3 amide bonds. The van der Waals surface area contributed by atoms with Crippen LogP contribution in [0.25, 0.3) is 16.7 Å². The highest BCUT2D eigenvalue weighted by Gasteiger charge is 2.50. The molecule has 0 bridgehead atoms. The fourth-order valence-corrected chi connectivity index (χ4v) is 14.3. The monoisotopic (exact) mass is 1170 g/mol. The minimum Gasteiger partial charge on any atom is -0.456 e. The fourth-order valence-electron chi connectivity index (χ4n) is 10.9. The number of benzene rings is 3. The van der Waals surface area contributed by atoms with Crippen LogP contribution in [-0.2, 0) is 36.8 Å². The third kappa shape index (κ3) is 12.9. The van der Waals surface area contributed by atoms with E-state index in [1.165, 1.54) is 16.5 Å². The van der Waals surface area contributed by atoms with Crippen molar-refractivity contribution in [1.82, 2.24) is 39.9 Å².